The van der Waals surface area contributed by atoms with Crippen LogP contribution in [0, 0.1) is 32.1 Å². The highest BCUT2D eigenvalue weighted by Gasteiger charge is 2.21. The van der Waals surface area contributed by atoms with Crippen LogP contribution in [-0.2, 0) is 30.4 Å². The molecule has 4 N–H and O–H groups in total. The summed E-state index contributed by atoms with van der Waals surface area (Å²) in [5.41, 5.74) is 4.20. The molecule has 0 amide bonds. The predicted octanol–water partition coefficient (Wildman–Crippen LogP) is 9.21. The number of azo groups is 3. The van der Waals surface area contributed by atoms with Crippen molar-refractivity contribution in [2.45, 2.75) is 40.0 Å². The normalized spacial score (nSPS) is 12.5. The third-order valence-corrected chi connectivity index (χ3v) is 12.1. The third-order valence-electron chi connectivity index (χ3n) is 9.66. The number of hydrogen-bond acceptors (Lipinski definition) is 18. The molecule has 0 aliphatic rings. The van der Waals surface area contributed by atoms with Gasteiger partial charge in [-0.3, -0.25) is 18.1 Å². The number of pyridine rings is 1. The monoisotopic (exact) mass is 977 g/mol. The van der Waals surface area contributed by atoms with Crippen LogP contribution in [0.1, 0.15) is 41.5 Å². The number of para-hydroxylation sites is 2. The van der Waals surface area contributed by atoms with Crippen molar-refractivity contribution >= 4 is 81.2 Å². The zero-order valence-corrected chi connectivity index (χ0v) is 38.5. The quantitative estimate of drug-likeness (QED) is 0.0296. The van der Waals surface area contributed by atoms with Crippen LogP contribution in [0.4, 0.5) is 34.1 Å². The van der Waals surface area contributed by atoms with E-state index >= 15 is 0 Å². The second kappa shape index (κ2) is 21.1. The van der Waals surface area contributed by atoms with E-state index in [1.165, 1.54) is 16.5 Å². The van der Waals surface area contributed by atoms with Gasteiger partial charge >= 0.3 is 0 Å². The minimum atomic E-state index is -4.30. The van der Waals surface area contributed by atoms with E-state index in [4.69, 9.17) is 18.8 Å². The lowest BCUT2D eigenvalue weighted by Crippen LogP contribution is -2.08. The number of hydrogen-bond donors (Lipinski definition) is 4. The topological polar surface area (TPSA) is 326 Å². The number of imidazole rings is 1. The molecule has 0 unspecified atom stereocenters. The van der Waals surface area contributed by atoms with Crippen molar-refractivity contribution < 1.29 is 58.2 Å². The van der Waals surface area contributed by atoms with Crippen molar-refractivity contribution in [3.05, 3.63) is 95.1 Å². The van der Waals surface area contributed by atoms with E-state index in [1.54, 1.807) is 81.4 Å². The van der Waals surface area contributed by atoms with Crippen molar-refractivity contribution in [1.82, 2.24) is 9.38 Å². The summed E-state index contributed by atoms with van der Waals surface area (Å²) in [5, 5.41) is 47.7. The van der Waals surface area contributed by atoms with Crippen LogP contribution in [0.5, 0.6) is 23.1 Å². The number of aryl methyl sites for hydroxylation is 2. The highest BCUT2D eigenvalue weighted by Crippen LogP contribution is 2.42. The van der Waals surface area contributed by atoms with Crippen molar-refractivity contribution in [3.63, 3.8) is 0 Å². The molecule has 2 aromatic heterocycles. The van der Waals surface area contributed by atoms with E-state index in [0.29, 0.717) is 44.8 Å². The number of benzene rings is 4. The van der Waals surface area contributed by atoms with E-state index in [1.807, 2.05) is 0 Å². The molecule has 6 rings (SSSR count). The van der Waals surface area contributed by atoms with Gasteiger partial charge in [0.05, 0.1) is 65.2 Å². The lowest BCUT2D eigenvalue weighted by atomic mass is 10.1. The Bertz CT molecular complexity index is 3300. The van der Waals surface area contributed by atoms with Gasteiger partial charge in [0.25, 0.3) is 30.4 Å². The molecule has 0 saturated heterocycles. The second-order valence-electron chi connectivity index (χ2n) is 14.8. The van der Waals surface area contributed by atoms with Crippen LogP contribution in [0.15, 0.2) is 103 Å². The maximum Gasteiger partial charge on any atom is 0.264 e. The Hall–Kier alpha value is -6.95. The van der Waals surface area contributed by atoms with Crippen LogP contribution in [0.2, 0.25) is 0 Å². The summed E-state index contributed by atoms with van der Waals surface area (Å²) in [6, 6.07) is 21.7. The maximum absolute atomic E-state index is 11.5. The fraction of sp³-hybridized carbons (Fsp3) is 0.286. The molecule has 22 nitrogen and oxygen atoms in total. The summed E-state index contributed by atoms with van der Waals surface area (Å²) < 4.78 is 114. The number of aromatic nitrogens is 2. The Morgan fingerprint density at radius 3 is 1.63 bits per heavy atom. The molecule has 4 aromatic carbocycles. The minimum absolute atomic E-state index is 0.0233. The van der Waals surface area contributed by atoms with E-state index in [0.717, 1.165) is 0 Å². The van der Waals surface area contributed by atoms with Crippen molar-refractivity contribution in [2.75, 3.05) is 37.1 Å². The first kappa shape index (κ1) is 49.5. The van der Waals surface area contributed by atoms with Gasteiger partial charge in [-0.15, -0.1) is 15.3 Å². The van der Waals surface area contributed by atoms with Crippen molar-refractivity contribution in [2.24, 2.45) is 30.7 Å². The lowest BCUT2D eigenvalue weighted by Gasteiger charge is -2.12. The molecule has 0 fully saturated rings. The standard InChI is InChI=1S/C42H43N9O13S3/c1-26-21-35(38(63-16-7-19-66(56,57)58)23-33(26)46-45-29-11-13-30(14-12-29)62-15-6-18-65(53,54)55)48-47-34-24-39(64-17-8-20-67(59,60)61)36(22-27(34)2)49-50-40-28(3)31(25-43)41-44-32-9-4-5-10-37(32)51(41)42(40)52/h4-5,9-14,21-24,52H,6-8,15-20H2,1-3H3,(H,53,54,55)(H,56,57,58)(H,59,60,61). The largest absolute Gasteiger partial charge is 0.494 e. The summed E-state index contributed by atoms with van der Waals surface area (Å²) in [5.74, 6) is -1.27. The number of ether oxygens (including phenoxy) is 3. The van der Waals surface area contributed by atoms with Crippen LogP contribution >= 0.6 is 0 Å². The highest BCUT2D eigenvalue weighted by atomic mass is 32.2. The third kappa shape index (κ3) is 13.6. The molecule has 0 aliphatic carbocycles. The second-order valence-corrected chi connectivity index (χ2v) is 19.5. The van der Waals surface area contributed by atoms with Gasteiger partial charge in [-0.25, -0.2) is 4.98 Å². The zero-order chi connectivity index (χ0) is 48.5. The number of rotatable bonds is 21. The first-order valence-corrected chi connectivity index (χ1v) is 24.9. The lowest BCUT2D eigenvalue weighted by molar-refractivity contribution is 0.316. The Balaban J connectivity index is 1.31. The van der Waals surface area contributed by atoms with Gasteiger partial charge in [0.1, 0.15) is 40.3 Å². The molecule has 25 heteroatoms. The van der Waals surface area contributed by atoms with E-state index < -0.39 is 47.6 Å². The number of aromatic hydroxyl groups is 1. The number of nitriles is 1. The van der Waals surface area contributed by atoms with Crippen LogP contribution in [0.25, 0.3) is 16.7 Å². The molecule has 2 heterocycles. The maximum atomic E-state index is 11.5. The average molecular weight is 978 g/mol. The van der Waals surface area contributed by atoms with Crippen LogP contribution in [0.3, 0.4) is 0 Å². The summed E-state index contributed by atoms with van der Waals surface area (Å²) in [6.45, 7) is 4.74. The van der Waals surface area contributed by atoms with Gasteiger partial charge < -0.3 is 19.3 Å². The predicted molar refractivity (Wildman–Crippen MR) is 245 cm³/mol. The smallest absolute Gasteiger partial charge is 0.264 e. The summed E-state index contributed by atoms with van der Waals surface area (Å²) >= 11 is 0. The Kier molecular flexibility index (Phi) is 15.6. The molecule has 352 valence electrons. The van der Waals surface area contributed by atoms with Gasteiger partial charge in [-0.2, -0.15) is 45.9 Å². The van der Waals surface area contributed by atoms with Crippen LogP contribution in [-0.4, -0.2) is 90.5 Å². The fourth-order valence-electron chi connectivity index (χ4n) is 6.36. The molecular weight excluding hydrogens is 935 g/mol. The SMILES string of the molecule is Cc1cc(N=Nc2cc(OCCCS(=O)(=O)O)c(N=Nc3c(C)c(C#N)c4nc5ccccc5n4c3O)cc2C)c(OCCCS(=O)(=O)O)cc1N=Nc1ccc(OCCCS(=O)(=O)O)cc1. The number of nitrogens with zero attached hydrogens (tertiary/aromatic N) is 9. The van der Waals surface area contributed by atoms with E-state index in [-0.39, 0.29) is 90.4 Å². The van der Waals surface area contributed by atoms with Gasteiger partial charge in [-0.1, -0.05) is 12.1 Å². The van der Waals surface area contributed by atoms with Crippen LogP contribution < -0.4 is 14.2 Å². The van der Waals surface area contributed by atoms with Gasteiger partial charge in [0.2, 0.25) is 5.88 Å². The van der Waals surface area contributed by atoms with Gasteiger partial charge in [-0.05, 0) is 99.7 Å². The highest BCUT2D eigenvalue weighted by molar-refractivity contribution is 7.86. The Morgan fingerprint density at radius 1 is 0.627 bits per heavy atom. The molecule has 6 aromatic rings. The molecular formula is C42H43N9O13S3. The van der Waals surface area contributed by atoms with E-state index in [9.17, 15) is 44.7 Å². The summed E-state index contributed by atoms with van der Waals surface area (Å²) in [7, 11) is -12.7. The van der Waals surface area contributed by atoms with Gasteiger partial charge in [0, 0.05) is 17.7 Å². The number of fused-ring (bicyclic) bond motifs is 3. The molecule has 0 bridgehead atoms. The van der Waals surface area contributed by atoms with Crippen molar-refractivity contribution in [1.29, 1.82) is 5.26 Å². The molecule has 0 aliphatic heterocycles. The van der Waals surface area contributed by atoms with Crippen molar-refractivity contribution in [3.8, 4) is 29.2 Å². The van der Waals surface area contributed by atoms with E-state index in [2.05, 4.69) is 41.7 Å². The minimum Gasteiger partial charge on any atom is -0.494 e. The molecule has 0 atom stereocenters. The Morgan fingerprint density at radius 2 is 1.10 bits per heavy atom. The van der Waals surface area contributed by atoms with Gasteiger partial charge in [0.15, 0.2) is 11.3 Å². The first-order chi connectivity index (χ1) is 31.7. The fourth-order valence-corrected chi connectivity index (χ4v) is 7.81. The molecule has 0 radical (unpaired) electrons. The Labute approximate surface area is 384 Å². The summed E-state index contributed by atoms with van der Waals surface area (Å²) in [4.78, 5) is 4.52. The average Bonchev–Trinajstić information content (AvgIpc) is 3.64. The zero-order valence-electron chi connectivity index (χ0n) is 36.0. The molecule has 67 heavy (non-hydrogen) atoms. The first-order valence-electron chi connectivity index (χ1n) is 20.1. The molecule has 0 spiro atoms. The molecule has 0 saturated carbocycles. The summed E-state index contributed by atoms with van der Waals surface area (Å²) in [6.07, 6.45) is -0.0764.